The van der Waals surface area contributed by atoms with Crippen LogP contribution in [0.25, 0.3) is 11.4 Å². The van der Waals surface area contributed by atoms with Gasteiger partial charge in [-0.15, -0.1) is 16.4 Å². The Hall–Kier alpha value is -4.28. The van der Waals surface area contributed by atoms with E-state index in [1.54, 1.807) is 59.8 Å². The van der Waals surface area contributed by atoms with Crippen molar-refractivity contribution in [2.45, 2.75) is 13.0 Å². The van der Waals surface area contributed by atoms with E-state index < -0.39 is 0 Å². The summed E-state index contributed by atoms with van der Waals surface area (Å²) in [6.45, 7) is 0.593. The molecule has 1 aromatic carbocycles. The van der Waals surface area contributed by atoms with Crippen molar-refractivity contribution in [1.29, 1.82) is 0 Å². The summed E-state index contributed by atoms with van der Waals surface area (Å²) in [6.07, 6.45) is 7.60. The lowest BCUT2D eigenvalue weighted by Gasteiger charge is -2.14. The lowest BCUT2D eigenvalue weighted by atomic mass is 10.2. The molecule has 0 aliphatic rings. The molecule has 5 aromatic rings. The summed E-state index contributed by atoms with van der Waals surface area (Å²) in [7, 11) is 0. The van der Waals surface area contributed by atoms with E-state index in [1.807, 2.05) is 24.3 Å². The van der Waals surface area contributed by atoms with Gasteiger partial charge in [-0.2, -0.15) is 0 Å². The van der Waals surface area contributed by atoms with Crippen LogP contribution in [0.2, 0.25) is 4.34 Å². The summed E-state index contributed by atoms with van der Waals surface area (Å²) in [5.74, 6) is 0.300. The maximum Gasteiger partial charge on any atom is 0.261 e. The van der Waals surface area contributed by atoms with E-state index in [4.69, 9.17) is 16.3 Å². The average molecular weight is 533 g/mol. The van der Waals surface area contributed by atoms with Crippen molar-refractivity contribution >= 4 is 28.8 Å². The summed E-state index contributed by atoms with van der Waals surface area (Å²) in [6, 6.07) is 17.6. The highest BCUT2D eigenvalue weighted by atomic mass is 35.5. The number of pyridine rings is 2. The van der Waals surface area contributed by atoms with Crippen LogP contribution in [0, 0.1) is 0 Å². The van der Waals surface area contributed by atoms with E-state index in [9.17, 15) is 9.59 Å². The molecule has 5 rings (SSSR count). The third kappa shape index (κ3) is 5.93. The van der Waals surface area contributed by atoms with Crippen LogP contribution in [0.4, 0.5) is 0 Å². The van der Waals surface area contributed by atoms with Crippen molar-refractivity contribution in [3.8, 4) is 17.1 Å². The number of benzene rings is 1. The van der Waals surface area contributed by atoms with Gasteiger partial charge in [0.2, 0.25) is 0 Å². The molecular formula is C26H21ClN6O3S. The Balaban J connectivity index is 1.37. The SMILES string of the molecule is O=C(NCc1cn(-c2ccc(-n3ccccc3=O)cc2OCCc2cccnc2)nn1)c1ccc(Cl)s1. The van der Waals surface area contributed by atoms with Crippen LogP contribution in [0.1, 0.15) is 20.9 Å². The molecule has 4 heterocycles. The monoisotopic (exact) mass is 532 g/mol. The summed E-state index contributed by atoms with van der Waals surface area (Å²) in [4.78, 5) is 29.4. The highest BCUT2D eigenvalue weighted by Gasteiger charge is 2.14. The van der Waals surface area contributed by atoms with Gasteiger partial charge < -0.3 is 10.1 Å². The number of carbonyl (C=O) groups is 1. The third-order valence-corrected chi connectivity index (χ3v) is 6.66. The molecular weight excluding hydrogens is 512 g/mol. The number of ether oxygens (including phenoxy) is 1. The number of halogens is 1. The zero-order valence-electron chi connectivity index (χ0n) is 19.5. The van der Waals surface area contributed by atoms with Gasteiger partial charge in [0.25, 0.3) is 11.5 Å². The van der Waals surface area contributed by atoms with Gasteiger partial charge in [-0.1, -0.05) is 28.9 Å². The van der Waals surface area contributed by atoms with E-state index >= 15 is 0 Å². The van der Waals surface area contributed by atoms with E-state index in [1.165, 1.54) is 22.0 Å². The van der Waals surface area contributed by atoms with Crippen LogP contribution >= 0.6 is 22.9 Å². The molecule has 0 saturated carbocycles. The minimum Gasteiger partial charge on any atom is -0.491 e. The highest BCUT2D eigenvalue weighted by Crippen LogP contribution is 2.26. The maximum absolute atomic E-state index is 12.4. The number of rotatable bonds is 9. The second kappa shape index (κ2) is 11.2. The predicted molar refractivity (Wildman–Crippen MR) is 141 cm³/mol. The fourth-order valence-corrected chi connectivity index (χ4v) is 4.57. The van der Waals surface area contributed by atoms with E-state index in [2.05, 4.69) is 20.6 Å². The van der Waals surface area contributed by atoms with Crippen molar-refractivity contribution in [1.82, 2.24) is 29.9 Å². The molecule has 4 aromatic heterocycles. The minimum absolute atomic E-state index is 0.151. The molecule has 0 saturated heterocycles. The van der Waals surface area contributed by atoms with E-state index in [0.29, 0.717) is 45.1 Å². The Bertz CT molecular complexity index is 1580. The van der Waals surface area contributed by atoms with Gasteiger partial charge in [-0.05, 0) is 42.0 Å². The topological polar surface area (TPSA) is 104 Å². The zero-order valence-corrected chi connectivity index (χ0v) is 21.0. The molecule has 0 atom stereocenters. The largest absolute Gasteiger partial charge is 0.491 e. The van der Waals surface area contributed by atoms with Crippen molar-refractivity contribution in [2.24, 2.45) is 0 Å². The Morgan fingerprint density at radius 2 is 2.03 bits per heavy atom. The molecule has 186 valence electrons. The van der Waals surface area contributed by atoms with Gasteiger partial charge in [0.05, 0.1) is 34.2 Å². The van der Waals surface area contributed by atoms with Crippen molar-refractivity contribution in [3.63, 3.8) is 0 Å². The smallest absolute Gasteiger partial charge is 0.261 e. The summed E-state index contributed by atoms with van der Waals surface area (Å²) in [5, 5.41) is 11.2. The standard InChI is InChI=1S/C26H21ClN6O3S/c27-24-9-8-23(37-24)26(35)29-16-19-17-33(31-30-19)21-7-6-20(32-12-2-1-5-25(32)34)14-22(21)36-13-10-18-4-3-11-28-15-18/h1-9,11-12,14-15,17H,10,13,16H2,(H,29,35). The average Bonchev–Trinajstić information content (AvgIpc) is 3.57. The molecule has 1 amide bonds. The molecule has 37 heavy (non-hydrogen) atoms. The number of aromatic nitrogens is 5. The molecule has 0 spiro atoms. The number of amides is 1. The highest BCUT2D eigenvalue weighted by molar-refractivity contribution is 7.17. The second-order valence-corrected chi connectivity index (χ2v) is 9.68. The van der Waals surface area contributed by atoms with E-state index in [-0.39, 0.29) is 18.0 Å². The van der Waals surface area contributed by atoms with Crippen LogP contribution in [-0.4, -0.2) is 37.1 Å². The number of nitrogens with one attached hydrogen (secondary N) is 1. The predicted octanol–water partition coefficient (Wildman–Crippen LogP) is 4.08. The third-order valence-electron chi connectivity index (χ3n) is 5.43. The molecule has 0 bridgehead atoms. The number of carbonyl (C=O) groups excluding carboxylic acids is 1. The van der Waals surface area contributed by atoms with Gasteiger partial charge in [0.1, 0.15) is 17.1 Å². The first-order valence-electron chi connectivity index (χ1n) is 11.4. The summed E-state index contributed by atoms with van der Waals surface area (Å²) in [5.41, 5.74) is 2.77. The van der Waals surface area contributed by atoms with Crippen molar-refractivity contribution in [2.75, 3.05) is 6.61 Å². The van der Waals surface area contributed by atoms with Crippen molar-refractivity contribution in [3.05, 3.63) is 116 Å². The Morgan fingerprint density at radius 1 is 1.11 bits per heavy atom. The fourth-order valence-electron chi connectivity index (χ4n) is 3.61. The molecule has 0 aliphatic carbocycles. The second-order valence-electron chi connectivity index (χ2n) is 7.96. The molecule has 0 fully saturated rings. The van der Waals surface area contributed by atoms with Crippen LogP contribution in [0.15, 0.2) is 90.2 Å². The normalized spacial score (nSPS) is 10.8. The lowest BCUT2D eigenvalue weighted by molar-refractivity contribution is 0.0954. The minimum atomic E-state index is -0.233. The molecule has 0 unspecified atom stereocenters. The van der Waals surface area contributed by atoms with E-state index in [0.717, 1.165) is 5.56 Å². The molecule has 1 N–H and O–H groups in total. The van der Waals surface area contributed by atoms with Gasteiger partial charge >= 0.3 is 0 Å². The van der Waals surface area contributed by atoms with Crippen LogP contribution in [-0.2, 0) is 13.0 Å². The zero-order chi connectivity index (χ0) is 25.6. The van der Waals surface area contributed by atoms with Gasteiger partial charge in [0, 0.05) is 37.1 Å². The fraction of sp³-hybridized carbons (Fsp3) is 0.115. The lowest BCUT2D eigenvalue weighted by Crippen LogP contribution is -2.21. The number of hydrogen-bond donors (Lipinski definition) is 1. The number of nitrogens with zero attached hydrogens (tertiary/aromatic N) is 5. The Morgan fingerprint density at radius 3 is 2.81 bits per heavy atom. The van der Waals surface area contributed by atoms with Crippen LogP contribution < -0.4 is 15.6 Å². The molecule has 0 radical (unpaired) electrons. The number of hydrogen-bond acceptors (Lipinski definition) is 7. The Labute approximate surface area is 220 Å². The number of thiophene rings is 1. The van der Waals surface area contributed by atoms with Gasteiger partial charge in [-0.25, -0.2) is 4.68 Å². The summed E-state index contributed by atoms with van der Waals surface area (Å²) >= 11 is 7.13. The van der Waals surface area contributed by atoms with Crippen molar-refractivity contribution < 1.29 is 9.53 Å². The molecule has 11 heteroatoms. The van der Waals surface area contributed by atoms with Gasteiger partial charge in [0.15, 0.2) is 0 Å². The van der Waals surface area contributed by atoms with Gasteiger partial charge in [-0.3, -0.25) is 19.1 Å². The first-order chi connectivity index (χ1) is 18.1. The molecule has 9 nitrogen and oxygen atoms in total. The quantitative estimate of drug-likeness (QED) is 0.307. The first kappa shape index (κ1) is 24.4. The summed E-state index contributed by atoms with van der Waals surface area (Å²) < 4.78 is 9.82. The first-order valence-corrected chi connectivity index (χ1v) is 12.6. The molecule has 0 aliphatic heterocycles. The Kier molecular flexibility index (Phi) is 7.38. The van der Waals surface area contributed by atoms with Crippen LogP contribution in [0.5, 0.6) is 5.75 Å². The van der Waals surface area contributed by atoms with Crippen LogP contribution in [0.3, 0.4) is 0 Å². The maximum atomic E-state index is 12.4.